The molecule has 82 valence electrons. The van der Waals surface area contributed by atoms with Crippen LogP contribution in [0.15, 0.2) is 40.4 Å². The fraction of sp³-hybridized carbons (Fsp3) is 0.167. The van der Waals surface area contributed by atoms with Gasteiger partial charge in [-0.3, -0.25) is 0 Å². The summed E-state index contributed by atoms with van der Waals surface area (Å²) in [6, 6.07) is 8.71. The van der Waals surface area contributed by atoms with Crippen molar-refractivity contribution < 1.29 is 4.39 Å². The first kappa shape index (κ1) is 11.1. The third kappa shape index (κ3) is 2.79. The maximum Gasteiger partial charge on any atom is 0.213 e. The van der Waals surface area contributed by atoms with Crippen LogP contribution in [0.25, 0.3) is 0 Å². The lowest BCUT2D eigenvalue weighted by Crippen LogP contribution is -1.89. The molecule has 0 N–H and O–H groups in total. The Bertz CT molecular complexity index is 494. The molecule has 0 fully saturated rings. The van der Waals surface area contributed by atoms with Crippen molar-refractivity contribution in [3.63, 3.8) is 0 Å². The lowest BCUT2D eigenvalue weighted by Gasteiger charge is -2.03. The van der Waals surface area contributed by atoms with Crippen LogP contribution in [0.2, 0.25) is 0 Å². The summed E-state index contributed by atoms with van der Waals surface area (Å²) < 4.78 is 12.9. The van der Waals surface area contributed by atoms with Crippen LogP contribution in [0.1, 0.15) is 11.3 Å². The molecular formula is C12H11FN2S. The molecule has 0 saturated heterocycles. The Balaban J connectivity index is 2.27. The van der Waals surface area contributed by atoms with Gasteiger partial charge in [-0.1, -0.05) is 6.07 Å². The molecule has 2 aromatic heterocycles. The number of rotatable bonds is 2. The molecule has 2 rings (SSSR count). The minimum absolute atomic E-state index is 0.464. The monoisotopic (exact) mass is 234 g/mol. The van der Waals surface area contributed by atoms with Crippen molar-refractivity contribution in [2.75, 3.05) is 0 Å². The minimum Gasteiger partial charge on any atom is -0.246 e. The highest BCUT2D eigenvalue weighted by Crippen LogP contribution is 2.25. The summed E-state index contributed by atoms with van der Waals surface area (Å²) in [5, 5.41) is 1.47. The van der Waals surface area contributed by atoms with Crippen molar-refractivity contribution >= 4 is 11.8 Å². The first-order valence-electron chi connectivity index (χ1n) is 4.89. The van der Waals surface area contributed by atoms with E-state index in [1.165, 1.54) is 17.8 Å². The van der Waals surface area contributed by atoms with Gasteiger partial charge in [-0.25, -0.2) is 9.97 Å². The predicted octanol–water partition coefficient (Wildman–Crippen LogP) is 3.38. The van der Waals surface area contributed by atoms with Gasteiger partial charge in [0.1, 0.15) is 10.1 Å². The largest absolute Gasteiger partial charge is 0.246 e. The summed E-state index contributed by atoms with van der Waals surface area (Å²) in [6.45, 7) is 3.95. The minimum atomic E-state index is -0.464. The van der Waals surface area contributed by atoms with Crippen molar-refractivity contribution in [3.8, 4) is 0 Å². The van der Waals surface area contributed by atoms with Crippen molar-refractivity contribution in [2.45, 2.75) is 23.9 Å². The van der Waals surface area contributed by atoms with E-state index in [-0.39, 0.29) is 0 Å². The van der Waals surface area contributed by atoms with E-state index < -0.39 is 5.95 Å². The molecule has 16 heavy (non-hydrogen) atoms. The van der Waals surface area contributed by atoms with Crippen LogP contribution < -0.4 is 0 Å². The van der Waals surface area contributed by atoms with Gasteiger partial charge in [0.2, 0.25) is 5.95 Å². The van der Waals surface area contributed by atoms with Gasteiger partial charge in [0, 0.05) is 5.69 Å². The molecule has 0 aliphatic heterocycles. The van der Waals surface area contributed by atoms with E-state index in [0.29, 0.717) is 5.03 Å². The molecule has 2 nitrogen and oxygen atoms in total. The van der Waals surface area contributed by atoms with E-state index in [0.717, 1.165) is 16.3 Å². The van der Waals surface area contributed by atoms with Crippen LogP contribution >= 0.6 is 11.8 Å². The Hall–Kier alpha value is -1.42. The van der Waals surface area contributed by atoms with E-state index in [1.54, 1.807) is 12.1 Å². The molecular weight excluding hydrogens is 223 g/mol. The van der Waals surface area contributed by atoms with Crippen molar-refractivity contribution in [1.82, 2.24) is 9.97 Å². The molecule has 0 radical (unpaired) electrons. The van der Waals surface area contributed by atoms with Crippen LogP contribution in [0, 0.1) is 19.8 Å². The number of nitrogens with zero attached hydrogens (tertiary/aromatic N) is 2. The third-order valence-corrected chi connectivity index (χ3v) is 2.83. The SMILES string of the molecule is Cc1cc(C)nc(Sc2cccc(F)n2)c1. The molecule has 0 amide bonds. The highest BCUT2D eigenvalue weighted by molar-refractivity contribution is 7.99. The van der Waals surface area contributed by atoms with Gasteiger partial charge in [0.25, 0.3) is 0 Å². The second kappa shape index (κ2) is 4.61. The molecule has 4 heteroatoms. The van der Waals surface area contributed by atoms with E-state index in [2.05, 4.69) is 9.97 Å². The van der Waals surface area contributed by atoms with Gasteiger partial charge >= 0.3 is 0 Å². The predicted molar refractivity (Wildman–Crippen MR) is 62.0 cm³/mol. The first-order valence-corrected chi connectivity index (χ1v) is 5.71. The molecule has 0 atom stereocenters. The van der Waals surface area contributed by atoms with Gasteiger partial charge in [0.05, 0.1) is 0 Å². The second-order valence-electron chi connectivity index (χ2n) is 3.52. The standard InChI is InChI=1S/C12H11FN2S/c1-8-6-9(2)14-12(7-8)16-11-5-3-4-10(13)15-11/h3-7H,1-2H3. The summed E-state index contributed by atoms with van der Waals surface area (Å²) in [5.41, 5.74) is 2.10. The first-order chi connectivity index (χ1) is 7.63. The topological polar surface area (TPSA) is 25.8 Å². The molecule has 0 bridgehead atoms. The van der Waals surface area contributed by atoms with E-state index in [1.807, 2.05) is 26.0 Å². The highest BCUT2D eigenvalue weighted by Gasteiger charge is 2.02. The Labute approximate surface area is 97.9 Å². The fourth-order valence-corrected chi connectivity index (χ4v) is 2.34. The van der Waals surface area contributed by atoms with Crippen LogP contribution in [0.5, 0.6) is 0 Å². The van der Waals surface area contributed by atoms with Crippen molar-refractivity contribution in [3.05, 3.63) is 47.5 Å². The van der Waals surface area contributed by atoms with Gasteiger partial charge in [-0.05, 0) is 55.4 Å². The number of aromatic nitrogens is 2. The Morgan fingerprint density at radius 3 is 2.56 bits per heavy atom. The molecule has 0 aromatic carbocycles. The number of hydrogen-bond acceptors (Lipinski definition) is 3. The number of hydrogen-bond donors (Lipinski definition) is 0. The summed E-state index contributed by atoms with van der Waals surface area (Å²) in [6.07, 6.45) is 0. The Kier molecular flexibility index (Phi) is 3.19. The summed E-state index contributed by atoms with van der Waals surface area (Å²) >= 11 is 1.37. The molecule has 0 aliphatic rings. The van der Waals surface area contributed by atoms with Crippen molar-refractivity contribution in [1.29, 1.82) is 0 Å². The summed E-state index contributed by atoms with van der Waals surface area (Å²) in [4.78, 5) is 8.14. The lowest BCUT2D eigenvalue weighted by atomic mass is 10.3. The molecule has 0 aliphatic carbocycles. The average Bonchev–Trinajstić information content (AvgIpc) is 2.15. The zero-order valence-electron chi connectivity index (χ0n) is 9.07. The smallest absolute Gasteiger partial charge is 0.213 e. The van der Waals surface area contributed by atoms with Gasteiger partial charge < -0.3 is 0 Å². The molecule has 0 unspecified atom stereocenters. The van der Waals surface area contributed by atoms with Gasteiger partial charge in [-0.2, -0.15) is 4.39 Å². The number of pyridine rings is 2. The molecule has 0 spiro atoms. The molecule has 0 saturated carbocycles. The van der Waals surface area contributed by atoms with Gasteiger partial charge in [0.15, 0.2) is 0 Å². The van der Waals surface area contributed by atoms with Crippen molar-refractivity contribution in [2.24, 2.45) is 0 Å². The van der Waals surface area contributed by atoms with Crippen LogP contribution in [-0.2, 0) is 0 Å². The Morgan fingerprint density at radius 2 is 1.88 bits per heavy atom. The van der Waals surface area contributed by atoms with Crippen LogP contribution in [0.4, 0.5) is 4.39 Å². The molecule has 2 aromatic rings. The normalized spacial score (nSPS) is 10.4. The lowest BCUT2D eigenvalue weighted by molar-refractivity contribution is 0.572. The Morgan fingerprint density at radius 1 is 1.06 bits per heavy atom. The number of halogens is 1. The van der Waals surface area contributed by atoms with Crippen LogP contribution in [0.3, 0.4) is 0 Å². The van der Waals surface area contributed by atoms with Crippen LogP contribution in [-0.4, -0.2) is 9.97 Å². The maximum atomic E-state index is 12.9. The highest BCUT2D eigenvalue weighted by atomic mass is 32.2. The maximum absolute atomic E-state index is 12.9. The average molecular weight is 234 g/mol. The third-order valence-electron chi connectivity index (χ3n) is 1.97. The zero-order chi connectivity index (χ0) is 11.5. The summed E-state index contributed by atoms with van der Waals surface area (Å²) in [5.74, 6) is -0.464. The quantitative estimate of drug-likeness (QED) is 0.745. The summed E-state index contributed by atoms with van der Waals surface area (Å²) in [7, 11) is 0. The van der Waals surface area contributed by atoms with E-state index >= 15 is 0 Å². The number of aryl methyl sites for hydroxylation is 2. The molecule has 2 heterocycles. The zero-order valence-corrected chi connectivity index (χ0v) is 9.88. The van der Waals surface area contributed by atoms with E-state index in [4.69, 9.17) is 0 Å². The second-order valence-corrected chi connectivity index (χ2v) is 4.57. The van der Waals surface area contributed by atoms with E-state index in [9.17, 15) is 4.39 Å². The van der Waals surface area contributed by atoms with Gasteiger partial charge in [-0.15, -0.1) is 0 Å². The fourth-order valence-electron chi connectivity index (χ4n) is 1.41.